The van der Waals surface area contributed by atoms with Crippen LogP contribution in [0.25, 0.3) is 0 Å². The number of halogens is 5. The summed E-state index contributed by atoms with van der Waals surface area (Å²) in [6.45, 7) is 2.00. The van der Waals surface area contributed by atoms with E-state index in [2.05, 4.69) is 47.8 Å². The lowest BCUT2D eigenvalue weighted by Crippen LogP contribution is -1.98. The highest BCUT2D eigenvalue weighted by atomic mass is 79.9. The molecule has 0 nitrogen and oxygen atoms in total. The second kappa shape index (κ2) is 6.25. The fourth-order valence-electron chi connectivity index (χ4n) is 1.73. The predicted octanol–water partition coefficient (Wildman–Crippen LogP) is 6.80. The van der Waals surface area contributed by atoms with Gasteiger partial charge in [-0.1, -0.05) is 59.4 Å². The first kappa shape index (κ1) is 15.5. The van der Waals surface area contributed by atoms with Gasteiger partial charge in [0.1, 0.15) is 5.82 Å². The van der Waals surface area contributed by atoms with Gasteiger partial charge >= 0.3 is 0 Å². The minimum Gasteiger partial charge on any atom is -0.207 e. The number of hydrogen-bond acceptors (Lipinski definition) is 0. The van der Waals surface area contributed by atoms with Gasteiger partial charge in [0.15, 0.2) is 0 Å². The van der Waals surface area contributed by atoms with Crippen LogP contribution >= 0.6 is 59.4 Å². The zero-order valence-corrected chi connectivity index (χ0v) is 15.4. The van der Waals surface area contributed by atoms with E-state index >= 15 is 0 Å². The molecule has 0 aromatic heterocycles. The molecule has 0 aliphatic rings. The maximum Gasteiger partial charge on any atom is 0.127 e. The van der Waals surface area contributed by atoms with E-state index in [-0.39, 0.29) is 10.6 Å². The van der Waals surface area contributed by atoms with Crippen molar-refractivity contribution < 1.29 is 4.39 Å². The Hall–Kier alpha value is 0.1000. The van der Waals surface area contributed by atoms with Crippen LogP contribution < -0.4 is 0 Å². The van der Waals surface area contributed by atoms with Gasteiger partial charge in [0.2, 0.25) is 0 Å². The first-order valence-corrected chi connectivity index (χ1v) is 8.32. The first-order chi connectivity index (χ1) is 8.90. The Kier molecular flexibility index (Phi) is 5.09. The summed E-state index contributed by atoms with van der Waals surface area (Å²) in [5.74, 6) is -0.283. The van der Waals surface area contributed by atoms with Gasteiger partial charge in [-0.3, -0.25) is 0 Å². The van der Waals surface area contributed by atoms with Gasteiger partial charge in [0.05, 0.1) is 4.83 Å². The second-order valence-electron chi connectivity index (χ2n) is 4.15. The van der Waals surface area contributed by atoms with E-state index < -0.39 is 0 Å². The van der Waals surface area contributed by atoms with E-state index in [4.69, 9.17) is 11.6 Å². The van der Waals surface area contributed by atoms with Crippen molar-refractivity contribution in [1.82, 2.24) is 0 Å². The molecule has 0 aliphatic heterocycles. The van der Waals surface area contributed by atoms with Crippen LogP contribution in [0.2, 0.25) is 5.02 Å². The summed E-state index contributed by atoms with van der Waals surface area (Å²) in [7, 11) is 0. The van der Waals surface area contributed by atoms with E-state index in [0.717, 1.165) is 20.1 Å². The highest BCUT2D eigenvalue weighted by Gasteiger charge is 2.18. The molecule has 0 saturated carbocycles. The molecular formula is C14H9Br3ClF. The average Bonchev–Trinajstić information content (AvgIpc) is 2.36. The molecule has 2 rings (SSSR count). The van der Waals surface area contributed by atoms with E-state index in [1.165, 1.54) is 6.07 Å². The quantitative estimate of drug-likeness (QED) is 0.423. The van der Waals surface area contributed by atoms with Gasteiger partial charge in [-0.25, -0.2) is 4.39 Å². The molecule has 5 heteroatoms. The minimum absolute atomic E-state index is 0.266. The lowest BCUT2D eigenvalue weighted by molar-refractivity contribution is 0.613. The third-order valence-corrected chi connectivity index (χ3v) is 5.54. The van der Waals surface area contributed by atoms with E-state index in [9.17, 15) is 4.39 Å². The smallest absolute Gasteiger partial charge is 0.127 e. The summed E-state index contributed by atoms with van der Waals surface area (Å²) in [5, 5.41) is 0.517. The van der Waals surface area contributed by atoms with E-state index in [1.54, 1.807) is 12.1 Å². The van der Waals surface area contributed by atoms with Crippen LogP contribution in [0, 0.1) is 12.7 Å². The van der Waals surface area contributed by atoms with Crippen molar-refractivity contribution in [3.05, 3.63) is 66.8 Å². The zero-order chi connectivity index (χ0) is 14.2. The normalized spacial score (nSPS) is 12.5. The summed E-state index contributed by atoms with van der Waals surface area (Å²) in [6.07, 6.45) is 0. The summed E-state index contributed by atoms with van der Waals surface area (Å²) >= 11 is 16.5. The molecule has 1 atom stereocenters. The lowest BCUT2D eigenvalue weighted by Gasteiger charge is -2.15. The molecule has 0 aliphatic carbocycles. The van der Waals surface area contributed by atoms with E-state index in [1.807, 2.05) is 19.1 Å². The molecule has 2 aromatic rings. The number of hydrogen-bond donors (Lipinski definition) is 0. The molecule has 0 N–H and O–H groups in total. The van der Waals surface area contributed by atoms with E-state index in [0.29, 0.717) is 10.6 Å². The Bertz CT molecular complexity index is 628. The Morgan fingerprint density at radius 1 is 1.05 bits per heavy atom. The van der Waals surface area contributed by atoms with Gasteiger partial charge in [-0.2, -0.15) is 0 Å². The molecule has 0 fully saturated rings. The Morgan fingerprint density at radius 3 is 2.42 bits per heavy atom. The summed E-state index contributed by atoms with van der Waals surface area (Å²) in [4.78, 5) is -0.266. The van der Waals surface area contributed by atoms with Gasteiger partial charge in [-0.15, -0.1) is 0 Å². The van der Waals surface area contributed by atoms with Crippen molar-refractivity contribution in [2.75, 3.05) is 0 Å². The third-order valence-electron chi connectivity index (χ3n) is 2.78. The van der Waals surface area contributed by atoms with Crippen molar-refractivity contribution in [2.45, 2.75) is 11.8 Å². The highest BCUT2D eigenvalue weighted by Crippen LogP contribution is 2.39. The standard InChI is InChI=1S/C14H9Br3ClF/c1-7-4-12(16)9(6-11(7)15)14(17)10-5-8(18)2-3-13(10)19/h2-6,14H,1H3. The summed E-state index contributed by atoms with van der Waals surface area (Å²) < 4.78 is 15.8. The van der Waals surface area contributed by atoms with Crippen molar-refractivity contribution in [3.63, 3.8) is 0 Å². The van der Waals surface area contributed by atoms with Crippen LogP contribution in [0.1, 0.15) is 21.5 Å². The first-order valence-electron chi connectivity index (χ1n) is 5.44. The predicted molar refractivity (Wildman–Crippen MR) is 88.8 cm³/mol. The summed E-state index contributed by atoms with van der Waals surface area (Å²) in [5.41, 5.74) is 2.57. The molecule has 100 valence electrons. The molecule has 0 bridgehead atoms. The molecule has 0 spiro atoms. The number of benzene rings is 2. The molecule has 0 saturated heterocycles. The molecule has 0 radical (unpaired) electrons. The van der Waals surface area contributed by atoms with Crippen LogP contribution in [0.3, 0.4) is 0 Å². The number of aryl methyl sites for hydroxylation is 1. The largest absolute Gasteiger partial charge is 0.207 e. The fraction of sp³-hybridized carbons (Fsp3) is 0.143. The molecule has 19 heavy (non-hydrogen) atoms. The minimum atomic E-state index is -0.283. The van der Waals surface area contributed by atoms with Gasteiger partial charge in [-0.05, 0) is 48.4 Å². The third kappa shape index (κ3) is 3.41. The Labute approximate surface area is 141 Å². The molecule has 0 heterocycles. The van der Waals surface area contributed by atoms with Gasteiger partial charge in [0, 0.05) is 19.5 Å². The van der Waals surface area contributed by atoms with Crippen LogP contribution in [0.15, 0.2) is 39.3 Å². The fourth-order valence-corrected chi connectivity index (χ4v) is 4.00. The van der Waals surface area contributed by atoms with Crippen LogP contribution in [0.4, 0.5) is 4.39 Å². The zero-order valence-electron chi connectivity index (χ0n) is 9.85. The Morgan fingerprint density at radius 2 is 1.74 bits per heavy atom. The molecular weight excluding hydrogens is 462 g/mol. The topological polar surface area (TPSA) is 0 Å². The highest BCUT2D eigenvalue weighted by molar-refractivity contribution is 9.11. The molecule has 0 amide bonds. The number of alkyl halides is 1. The second-order valence-corrected chi connectivity index (χ2v) is 7.21. The van der Waals surface area contributed by atoms with Gasteiger partial charge < -0.3 is 0 Å². The van der Waals surface area contributed by atoms with Crippen LogP contribution in [-0.4, -0.2) is 0 Å². The lowest BCUT2D eigenvalue weighted by atomic mass is 10.0. The van der Waals surface area contributed by atoms with Crippen LogP contribution in [-0.2, 0) is 0 Å². The van der Waals surface area contributed by atoms with Crippen molar-refractivity contribution >= 4 is 59.4 Å². The van der Waals surface area contributed by atoms with Crippen molar-refractivity contribution in [3.8, 4) is 0 Å². The summed E-state index contributed by atoms with van der Waals surface area (Å²) in [6, 6.07) is 8.52. The molecule has 2 aromatic carbocycles. The number of rotatable bonds is 2. The molecule has 1 unspecified atom stereocenters. The average molecular weight is 471 g/mol. The monoisotopic (exact) mass is 468 g/mol. The van der Waals surface area contributed by atoms with Crippen molar-refractivity contribution in [1.29, 1.82) is 0 Å². The van der Waals surface area contributed by atoms with Crippen LogP contribution in [0.5, 0.6) is 0 Å². The Balaban J connectivity index is 2.52. The maximum absolute atomic E-state index is 13.9. The maximum atomic E-state index is 13.9. The van der Waals surface area contributed by atoms with Gasteiger partial charge in [0.25, 0.3) is 0 Å². The van der Waals surface area contributed by atoms with Crippen molar-refractivity contribution in [2.24, 2.45) is 0 Å². The SMILES string of the molecule is Cc1cc(Br)c(C(Br)c2cc(Cl)ccc2F)cc1Br.